The number of ether oxygens (including phenoxy) is 3. The number of aromatic nitrogens is 5. The van der Waals surface area contributed by atoms with Gasteiger partial charge in [0.1, 0.15) is 0 Å². The van der Waals surface area contributed by atoms with Crippen molar-refractivity contribution in [2.45, 2.75) is 64.8 Å². The number of pyridine rings is 1. The number of hydrogen-bond acceptors (Lipinski definition) is 8. The summed E-state index contributed by atoms with van der Waals surface area (Å²) in [5.74, 6) is 2.18. The monoisotopic (exact) mass is 546 g/mol. The third-order valence-electron chi connectivity index (χ3n) is 7.67. The van der Waals surface area contributed by atoms with E-state index in [0.29, 0.717) is 36.7 Å². The van der Waals surface area contributed by atoms with Crippen LogP contribution in [0.3, 0.4) is 0 Å². The molecule has 2 aromatic heterocycles. The quantitative estimate of drug-likeness (QED) is 0.282. The molecule has 1 aliphatic rings. The molecule has 0 unspecified atom stereocenters. The Hall–Kier alpha value is -3.76. The molecule has 3 heterocycles. The van der Waals surface area contributed by atoms with E-state index >= 15 is 0 Å². The molecule has 0 radical (unpaired) electrons. The van der Waals surface area contributed by atoms with Crippen LogP contribution in [-0.2, 0) is 24.2 Å². The van der Waals surface area contributed by atoms with Gasteiger partial charge in [-0.05, 0) is 83.8 Å². The fourth-order valence-corrected chi connectivity index (χ4v) is 5.52. The average Bonchev–Trinajstić information content (AvgIpc) is 3.65. The smallest absolute Gasteiger partial charge is 0.252 e. The van der Waals surface area contributed by atoms with Crippen molar-refractivity contribution in [1.29, 1.82) is 0 Å². The summed E-state index contributed by atoms with van der Waals surface area (Å²) in [5.41, 5.74) is 3.69. The van der Waals surface area contributed by atoms with Gasteiger partial charge in [0.2, 0.25) is 0 Å². The second-order valence-corrected chi connectivity index (χ2v) is 10.4. The van der Waals surface area contributed by atoms with Crippen LogP contribution in [0.4, 0.5) is 0 Å². The molecule has 40 heavy (non-hydrogen) atoms. The highest BCUT2D eigenvalue weighted by atomic mass is 16.5. The first-order valence-corrected chi connectivity index (χ1v) is 13.9. The summed E-state index contributed by atoms with van der Waals surface area (Å²) < 4.78 is 18.7. The predicted octanol–water partition coefficient (Wildman–Crippen LogP) is 4.22. The number of H-pyrrole nitrogens is 1. The van der Waals surface area contributed by atoms with E-state index in [0.717, 1.165) is 60.1 Å². The minimum atomic E-state index is -0.0929. The zero-order valence-electron chi connectivity index (χ0n) is 23.7. The van der Waals surface area contributed by atoms with Crippen LogP contribution in [-0.4, -0.2) is 63.6 Å². The highest BCUT2D eigenvalue weighted by molar-refractivity contribution is 5.79. The summed E-state index contributed by atoms with van der Waals surface area (Å²) in [6.07, 6.45) is 3.70. The summed E-state index contributed by atoms with van der Waals surface area (Å²) in [6.45, 7) is 6.70. The van der Waals surface area contributed by atoms with Gasteiger partial charge >= 0.3 is 0 Å². The summed E-state index contributed by atoms with van der Waals surface area (Å²) >= 11 is 0. The van der Waals surface area contributed by atoms with Gasteiger partial charge in [-0.15, -0.1) is 5.10 Å². The van der Waals surface area contributed by atoms with E-state index in [4.69, 9.17) is 14.2 Å². The van der Waals surface area contributed by atoms with Gasteiger partial charge in [0.05, 0.1) is 32.9 Å². The first kappa shape index (κ1) is 27.8. The lowest BCUT2D eigenvalue weighted by Crippen LogP contribution is -2.34. The molecule has 1 saturated heterocycles. The van der Waals surface area contributed by atoms with E-state index in [1.165, 1.54) is 0 Å². The van der Waals surface area contributed by atoms with Crippen molar-refractivity contribution in [2.24, 2.45) is 0 Å². The normalized spacial score (nSPS) is 16.1. The zero-order chi connectivity index (χ0) is 28.1. The third-order valence-corrected chi connectivity index (χ3v) is 7.67. The van der Waals surface area contributed by atoms with Crippen molar-refractivity contribution in [3.63, 3.8) is 0 Å². The minimum absolute atomic E-state index is 0.0805. The van der Waals surface area contributed by atoms with Gasteiger partial charge in [-0.25, -0.2) is 4.68 Å². The molecule has 0 amide bonds. The Morgan fingerprint density at radius 2 is 2.00 bits per heavy atom. The van der Waals surface area contributed by atoms with Crippen LogP contribution < -0.4 is 15.0 Å². The van der Waals surface area contributed by atoms with Crippen LogP contribution in [0.2, 0.25) is 0 Å². The van der Waals surface area contributed by atoms with Crippen molar-refractivity contribution < 1.29 is 14.2 Å². The Balaban J connectivity index is 1.46. The number of benzene rings is 2. The molecule has 4 aromatic rings. The first-order valence-electron chi connectivity index (χ1n) is 13.9. The molecule has 2 atom stereocenters. The van der Waals surface area contributed by atoms with Gasteiger partial charge < -0.3 is 19.2 Å². The van der Waals surface area contributed by atoms with Gasteiger partial charge in [0.25, 0.3) is 5.56 Å². The third kappa shape index (κ3) is 6.18. The Morgan fingerprint density at radius 3 is 2.75 bits per heavy atom. The number of hydrogen-bond donors (Lipinski definition) is 1. The molecule has 212 valence electrons. The lowest BCUT2D eigenvalue weighted by molar-refractivity contribution is 0.0893. The van der Waals surface area contributed by atoms with Crippen LogP contribution in [0, 0.1) is 6.92 Å². The van der Waals surface area contributed by atoms with Gasteiger partial charge in [-0.3, -0.25) is 9.69 Å². The predicted molar refractivity (Wildman–Crippen MR) is 153 cm³/mol. The Bertz CT molecular complexity index is 1490. The van der Waals surface area contributed by atoms with E-state index < -0.39 is 0 Å². The molecule has 5 rings (SSSR count). The number of nitrogens with zero attached hydrogens (tertiary/aromatic N) is 5. The second kappa shape index (κ2) is 12.6. The number of aryl methyl sites for hydroxylation is 1. The minimum Gasteiger partial charge on any atom is -0.493 e. The van der Waals surface area contributed by atoms with E-state index in [2.05, 4.69) is 44.5 Å². The van der Waals surface area contributed by atoms with E-state index in [9.17, 15) is 4.79 Å². The largest absolute Gasteiger partial charge is 0.493 e. The molecule has 2 aromatic carbocycles. The standard InChI is InChI=1S/C30H38N6O4/c1-5-26(29-32-33-34-36(29)19-24-7-6-14-40-24)35(13-12-21-9-11-27(38-3)28(16-21)39-4)18-23-17-22-10-8-20(2)15-25(22)31-30(23)37/h8-11,15-17,24,26H,5-7,12-14,18-19H2,1-4H3,(H,31,37)/t24-,26+/m1/s1. The Labute approximate surface area is 234 Å². The van der Waals surface area contributed by atoms with Gasteiger partial charge in [0.15, 0.2) is 17.3 Å². The molecule has 1 fully saturated rings. The molecule has 0 bridgehead atoms. The molecule has 0 aliphatic carbocycles. The highest BCUT2D eigenvalue weighted by Crippen LogP contribution is 2.29. The maximum absolute atomic E-state index is 13.2. The molecule has 1 aliphatic heterocycles. The van der Waals surface area contributed by atoms with E-state index in [1.54, 1.807) is 14.2 Å². The van der Waals surface area contributed by atoms with Crippen LogP contribution in [0.5, 0.6) is 11.5 Å². The number of nitrogens with one attached hydrogen (secondary N) is 1. The van der Waals surface area contributed by atoms with Crippen molar-refractivity contribution in [2.75, 3.05) is 27.4 Å². The van der Waals surface area contributed by atoms with E-state index in [1.807, 2.05) is 41.9 Å². The number of aromatic amines is 1. The average molecular weight is 547 g/mol. The van der Waals surface area contributed by atoms with Crippen molar-refractivity contribution in [3.05, 3.63) is 75.3 Å². The topological polar surface area (TPSA) is 107 Å². The molecular weight excluding hydrogens is 508 g/mol. The van der Waals surface area contributed by atoms with Crippen molar-refractivity contribution in [1.82, 2.24) is 30.1 Å². The van der Waals surface area contributed by atoms with Gasteiger partial charge in [-0.1, -0.05) is 25.1 Å². The van der Waals surface area contributed by atoms with Crippen LogP contribution in [0.25, 0.3) is 10.9 Å². The fourth-order valence-electron chi connectivity index (χ4n) is 5.52. The number of methoxy groups -OCH3 is 2. The lowest BCUT2D eigenvalue weighted by atomic mass is 10.1. The van der Waals surface area contributed by atoms with Gasteiger partial charge in [-0.2, -0.15) is 0 Å². The molecule has 0 saturated carbocycles. The number of tetrazole rings is 1. The second-order valence-electron chi connectivity index (χ2n) is 10.4. The Kier molecular flexibility index (Phi) is 8.76. The van der Waals surface area contributed by atoms with Gasteiger partial charge in [0, 0.05) is 30.8 Å². The summed E-state index contributed by atoms with van der Waals surface area (Å²) in [4.78, 5) is 18.6. The maximum atomic E-state index is 13.2. The molecule has 10 nitrogen and oxygen atoms in total. The molecule has 1 N–H and O–H groups in total. The van der Waals surface area contributed by atoms with E-state index in [-0.39, 0.29) is 17.7 Å². The first-order chi connectivity index (χ1) is 19.5. The summed E-state index contributed by atoms with van der Waals surface area (Å²) in [6, 6.07) is 14.0. The van der Waals surface area contributed by atoms with Crippen LogP contribution in [0.15, 0.2) is 47.3 Å². The zero-order valence-corrected chi connectivity index (χ0v) is 23.7. The summed E-state index contributed by atoms with van der Waals surface area (Å²) in [7, 11) is 3.27. The maximum Gasteiger partial charge on any atom is 0.252 e. The van der Waals surface area contributed by atoms with Crippen LogP contribution in [0.1, 0.15) is 54.7 Å². The van der Waals surface area contributed by atoms with Crippen LogP contribution >= 0.6 is 0 Å². The fraction of sp³-hybridized carbons (Fsp3) is 0.467. The molecule has 0 spiro atoms. The number of rotatable bonds is 12. The molecular formula is C30H38N6O4. The van der Waals surface area contributed by atoms with Crippen molar-refractivity contribution in [3.8, 4) is 11.5 Å². The summed E-state index contributed by atoms with van der Waals surface area (Å²) in [5, 5.41) is 13.8. The Morgan fingerprint density at radius 1 is 1.15 bits per heavy atom. The van der Waals surface area contributed by atoms with Crippen molar-refractivity contribution >= 4 is 10.9 Å². The lowest BCUT2D eigenvalue weighted by Gasteiger charge is -2.30. The number of fused-ring (bicyclic) bond motifs is 1. The SMILES string of the molecule is CC[C@@H](c1nnnn1C[C@H]1CCCO1)N(CCc1ccc(OC)c(OC)c1)Cc1cc2ccc(C)cc2[nH]c1=O. The molecule has 10 heteroatoms. The highest BCUT2D eigenvalue weighted by Gasteiger charge is 2.27.